The molecule has 2 atom stereocenters. The molecule has 2 aliphatic rings. The number of hydrogen-bond acceptors (Lipinski definition) is 2. The van der Waals surface area contributed by atoms with Gasteiger partial charge in [0.1, 0.15) is 6.10 Å². The topological polar surface area (TPSA) is 26.3 Å². The van der Waals surface area contributed by atoms with Gasteiger partial charge in [0.05, 0.1) is 26.2 Å². The van der Waals surface area contributed by atoms with Crippen LogP contribution < -0.4 is 0 Å². The molecule has 4 rings (SSSR count). The SMILES string of the molecule is C[N+]1(C)C2CCC1CC(OC(=O)C(F)(c1ccccc1)c1ccccc1)C2. The zero-order valence-corrected chi connectivity index (χ0v) is 16.0. The minimum Gasteiger partial charge on any atom is -0.459 e. The standard InChI is InChI=1S/C23H27FNO2/c1-25(2)19-13-14-20(25)16-21(15-19)27-22(26)23(24,17-9-5-3-6-10-17)18-11-7-4-8-12-18/h3-12,19-21H,13-16H2,1-2H3/q+1. The number of carbonyl (C=O) groups excluding carboxylic acids is 1. The molecule has 3 nitrogen and oxygen atoms in total. The van der Waals surface area contributed by atoms with Crippen LogP contribution in [0.15, 0.2) is 60.7 Å². The lowest BCUT2D eigenvalue weighted by Gasteiger charge is -2.44. The Bertz CT molecular complexity index is 750. The van der Waals surface area contributed by atoms with Gasteiger partial charge in [0.15, 0.2) is 0 Å². The minimum atomic E-state index is -2.29. The van der Waals surface area contributed by atoms with Gasteiger partial charge in [-0.3, -0.25) is 0 Å². The van der Waals surface area contributed by atoms with Gasteiger partial charge < -0.3 is 9.22 Å². The Morgan fingerprint density at radius 3 is 1.81 bits per heavy atom. The van der Waals surface area contributed by atoms with Gasteiger partial charge in [0.25, 0.3) is 5.67 Å². The first-order valence-corrected chi connectivity index (χ1v) is 9.76. The van der Waals surface area contributed by atoms with Crippen LogP contribution in [-0.4, -0.2) is 42.7 Å². The Balaban J connectivity index is 1.61. The first-order valence-electron chi connectivity index (χ1n) is 9.76. The summed E-state index contributed by atoms with van der Waals surface area (Å²) >= 11 is 0. The Morgan fingerprint density at radius 2 is 1.37 bits per heavy atom. The second kappa shape index (κ2) is 6.75. The maximum atomic E-state index is 16.3. The smallest absolute Gasteiger partial charge is 0.353 e. The Morgan fingerprint density at radius 1 is 0.926 bits per heavy atom. The molecular weight excluding hydrogens is 341 g/mol. The summed E-state index contributed by atoms with van der Waals surface area (Å²) in [6.07, 6.45) is 3.74. The van der Waals surface area contributed by atoms with Crippen molar-refractivity contribution in [2.75, 3.05) is 14.1 Å². The van der Waals surface area contributed by atoms with Crippen molar-refractivity contribution in [3.8, 4) is 0 Å². The third-order valence-electron chi connectivity index (χ3n) is 6.68. The molecule has 0 N–H and O–H groups in total. The van der Waals surface area contributed by atoms with Crippen LogP contribution in [0, 0.1) is 0 Å². The predicted octanol–water partition coefficient (Wildman–Crippen LogP) is 4.21. The molecule has 0 aliphatic carbocycles. The fraction of sp³-hybridized carbons (Fsp3) is 0.435. The van der Waals surface area contributed by atoms with Crippen LogP contribution in [0.4, 0.5) is 4.39 Å². The summed E-state index contributed by atoms with van der Waals surface area (Å²) in [5.41, 5.74) is -1.66. The first-order chi connectivity index (χ1) is 12.9. The molecule has 142 valence electrons. The molecule has 0 aromatic heterocycles. The van der Waals surface area contributed by atoms with Crippen molar-refractivity contribution < 1.29 is 18.4 Å². The zero-order valence-electron chi connectivity index (χ0n) is 16.0. The Kier molecular flexibility index (Phi) is 4.55. The number of carbonyl (C=O) groups is 1. The molecule has 0 saturated carbocycles. The lowest BCUT2D eigenvalue weighted by atomic mass is 9.88. The maximum absolute atomic E-state index is 16.3. The Labute approximate surface area is 160 Å². The maximum Gasteiger partial charge on any atom is 0.353 e. The molecule has 2 fully saturated rings. The highest BCUT2D eigenvalue weighted by atomic mass is 19.1. The van der Waals surface area contributed by atoms with Crippen LogP contribution >= 0.6 is 0 Å². The van der Waals surface area contributed by atoms with Gasteiger partial charge >= 0.3 is 5.97 Å². The normalized spacial score (nSPS) is 26.6. The van der Waals surface area contributed by atoms with Crippen LogP contribution in [0.1, 0.15) is 36.8 Å². The second-order valence-electron chi connectivity index (χ2n) is 8.40. The van der Waals surface area contributed by atoms with Crippen LogP contribution in [0.5, 0.6) is 0 Å². The van der Waals surface area contributed by atoms with Gasteiger partial charge in [0, 0.05) is 36.8 Å². The van der Waals surface area contributed by atoms with Crippen molar-refractivity contribution >= 4 is 5.97 Å². The van der Waals surface area contributed by atoms with E-state index in [2.05, 4.69) is 14.1 Å². The van der Waals surface area contributed by atoms with E-state index in [9.17, 15) is 4.79 Å². The third kappa shape index (κ3) is 3.06. The lowest BCUT2D eigenvalue weighted by Crippen LogP contribution is -2.56. The number of fused-ring (bicyclic) bond motifs is 2. The average molecular weight is 368 g/mol. The van der Waals surface area contributed by atoms with E-state index in [-0.39, 0.29) is 6.10 Å². The Hall–Kier alpha value is -2.20. The van der Waals surface area contributed by atoms with Crippen LogP contribution in [0.3, 0.4) is 0 Å². The van der Waals surface area contributed by atoms with Gasteiger partial charge in [-0.25, -0.2) is 9.18 Å². The molecule has 0 spiro atoms. The number of benzene rings is 2. The summed E-state index contributed by atoms with van der Waals surface area (Å²) in [4.78, 5) is 13.1. The molecule has 2 aromatic carbocycles. The van der Waals surface area contributed by atoms with E-state index in [1.54, 1.807) is 48.5 Å². The molecule has 0 amide bonds. The van der Waals surface area contributed by atoms with Gasteiger partial charge in [0.2, 0.25) is 0 Å². The molecule has 2 heterocycles. The predicted molar refractivity (Wildman–Crippen MR) is 103 cm³/mol. The molecule has 2 unspecified atom stereocenters. The molecule has 0 radical (unpaired) electrons. The molecule has 2 aromatic rings. The summed E-state index contributed by atoms with van der Waals surface area (Å²) in [5.74, 6) is -0.795. The number of ether oxygens (including phenoxy) is 1. The van der Waals surface area contributed by atoms with E-state index in [0.717, 1.165) is 30.2 Å². The third-order valence-corrected chi connectivity index (χ3v) is 6.68. The van der Waals surface area contributed by atoms with Gasteiger partial charge in [-0.1, -0.05) is 60.7 Å². The van der Waals surface area contributed by atoms with Crippen molar-refractivity contribution in [1.29, 1.82) is 0 Å². The van der Waals surface area contributed by atoms with Gasteiger partial charge in [-0.05, 0) is 0 Å². The number of hydrogen-bond donors (Lipinski definition) is 0. The van der Waals surface area contributed by atoms with E-state index in [1.807, 2.05) is 12.1 Å². The van der Waals surface area contributed by atoms with E-state index in [4.69, 9.17) is 4.74 Å². The fourth-order valence-electron chi connectivity index (χ4n) is 4.90. The van der Waals surface area contributed by atoms with E-state index in [1.165, 1.54) is 0 Å². The molecule has 4 heteroatoms. The van der Waals surface area contributed by atoms with Crippen molar-refractivity contribution in [1.82, 2.24) is 0 Å². The molecule has 2 bridgehead atoms. The number of quaternary nitrogens is 1. The monoisotopic (exact) mass is 368 g/mol. The molecule has 2 aliphatic heterocycles. The number of esters is 1. The van der Waals surface area contributed by atoms with Gasteiger partial charge in [-0.2, -0.15) is 0 Å². The summed E-state index contributed by atoms with van der Waals surface area (Å²) in [5, 5.41) is 0. The fourth-order valence-corrected chi connectivity index (χ4v) is 4.90. The van der Waals surface area contributed by atoms with Crippen molar-refractivity contribution in [2.45, 2.75) is 49.5 Å². The quantitative estimate of drug-likeness (QED) is 0.597. The number of halogens is 1. The van der Waals surface area contributed by atoms with E-state index >= 15 is 4.39 Å². The number of rotatable bonds is 4. The van der Waals surface area contributed by atoms with Crippen molar-refractivity contribution in [3.63, 3.8) is 0 Å². The molecular formula is C23H27FNO2+. The highest BCUT2D eigenvalue weighted by molar-refractivity contribution is 5.85. The van der Waals surface area contributed by atoms with Crippen LogP contribution in [0.25, 0.3) is 0 Å². The summed E-state index contributed by atoms with van der Waals surface area (Å²) in [6, 6.07) is 18.2. The lowest BCUT2D eigenvalue weighted by molar-refractivity contribution is -0.931. The summed E-state index contributed by atoms with van der Waals surface area (Å²) in [6.45, 7) is 0. The second-order valence-corrected chi connectivity index (χ2v) is 8.40. The molecule has 2 saturated heterocycles. The van der Waals surface area contributed by atoms with Crippen LogP contribution in [0.2, 0.25) is 0 Å². The minimum absolute atomic E-state index is 0.205. The highest BCUT2D eigenvalue weighted by Crippen LogP contribution is 2.42. The number of alkyl halides is 1. The first kappa shape index (κ1) is 18.2. The van der Waals surface area contributed by atoms with Crippen molar-refractivity contribution in [3.05, 3.63) is 71.8 Å². The molecule has 27 heavy (non-hydrogen) atoms. The van der Waals surface area contributed by atoms with Gasteiger partial charge in [-0.15, -0.1) is 0 Å². The number of piperidine rings is 1. The van der Waals surface area contributed by atoms with Crippen molar-refractivity contribution in [2.24, 2.45) is 0 Å². The average Bonchev–Trinajstić information content (AvgIpc) is 2.86. The zero-order chi connectivity index (χ0) is 19.1. The van der Waals surface area contributed by atoms with E-state index in [0.29, 0.717) is 23.2 Å². The number of nitrogens with zero attached hydrogens (tertiary/aromatic N) is 1. The summed E-state index contributed by atoms with van der Waals surface area (Å²) < 4.78 is 23.1. The van der Waals surface area contributed by atoms with Crippen LogP contribution in [-0.2, 0) is 15.2 Å². The highest BCUT2D eigenvalue weighted by Gasteiger charge is 2.52. The summed E-state index contributed by atoms with van der Waals surface area (Å²) in [7, 11) is 4.52. The largest absolute Gasteiger partial charge is 0.459 e. The van der Waals surface area contributed by atoms with E-state index < -0.39 is 11.6 Å².